The molecule has 0 aliphatic carbocycles. The maximum absolute atomic E-state index is 5.78. The highest BCUT2D eigenvalue weighted by Gasteiger charge is 2.09. The van der Waals surface area contributed by atoms with E-state index in [0.717, 1.165) is 17.8 Å². The monoisotopic (exact) mass is 266 g/mol. The number of anilines is 1. The Hall–Kier alpha value is -2.76. The van der Waals surface area contributed by atoms with Crippen molar-refractivity contribution in [2.45, 2.75) is 13.3 Å². The summed E-state index contributed by atoms with van der Waals surface area (Å²) in [4.78, 5) is 10.2. The van der Waals surface area contributed by atoms with Gasteiger partial charge in [0.05, 0.1) is 11.9 Å². The van der Waals surface area contributed by atoms with Gasteiger partial charge in [-0.2, -0.15) is 9.90 Å². The average Bonchev–Trinajstić information content (AvgIpc) is 2.97. The highest BCUT2D eigenvalue weighted by atomic mass is 15.5. The van der Waals surface area contributed by atoms with Crippen molar-refractivity contribution in [3.05, 3.63) is 48.3 Å². The van der Waals surface area contributed by atoms with Crippen LogP contribution in [0.5, 0.6) is 0 Å². The summed E-state index contributed by atoms with van der Waals surface area (Å²) in [6.45, 7) is 2.02. The number of hydrogen-bond acceptors (Lipinski definition) is 5. The van der Waals surface area contributed by atoms with Crippen molar-refractivity contribution in [2.24, 2.45) is 0 Å². The van der Waals surface area contributed by atoms with E-state index >= 15 is 0 Å². The van der Waals surface area contributed by atoms with Crippen molar-refractivity contribution in [2.75, 3.05) is 5.73 Å². The first kappa shape index (κ1) is 12.3. The van der Waals surface area contributed by atoms with Crippen LogP contribution in [0.2, 0.25) is 0 Å². The first-order valence-electron chi connectivity index (χ1n) is 6.38. The van der Waals surface area contributed by atoms with E-state index in [1.54, 1.807) is 17.1 Å². The Morgan fingerprint density at radius 3 is 2.70 bits per heavy atom. The molecule has 0 amide bonds. The molecule has 0 saturated carbocycles. The van der Waals surface area contributed by atoms with Crippen molar-refractivity contribution in [3.63, 3.8) is 0 Å². The highest BCUT2D eigenvalue weighted by Crippen LogP contribution is 2.15. The molecule has 0 bridgehead atoms. The van der Waals surface area contributed by atoms with Crippen molar-refractivity contribution in [3.8, 4) is 17.2 Å². The van der Waals surface area contributed by atoms with Crippen LogP contribution in [0.1, 0.15) is 12.6 Å². The molecule has 2 aromatic heterocycles. The fourth-order valence-corrected chi connectivity index (χ4v) is 1.87. The number of para-hydroxylation sites is 1. The van der Waals surface area contributed by atoms with E-state index in [1.165, 1.54) is 0 Å². The number of nitrogen functional groups attached to an aromatic ring is 1. The second kappa shape index (κ2) is 5.08. The van der Waals surface area contributed by atoms with Gasteiger partial charge in [0, 0.05) is 11.8 Å². The van der Waals surface area contributed by atoms with Crippen LogP contribution < -0.4 is 5.73 Å². The molecule has 6 nitrogen and oxygen atoms in total. The van der Waals surface area contributed by atoms with Gasteiger partial charge in [0.2, 0.25) is 0 Å². The summed E-state index contributed by atoms with van der Waals surface area (Å²) in [6, 6.07) is 11.5. The summed E-state index contributed by atoms with van der Waals surface area (Å²) in [5.74, 6) is 0.949. The standard InChI is InChI=1S/C14H14N6/c1-2-10-8-13(15)18-14(17-10)12-9-16-20(19-12)11-6-4-3-5-7-11/h3-9H,2H2,1H3,(H2,15,17,18). The number of nitrogens with two attached hydrogens (primary N) is 1. The molecule has 2 N–H and O–H groups in total. The van der Waals surface area contributed by atoms with Gasteiger partial charge in [-0.05, 0) is 18.6 Å². The fraction of sp³-hybridized carbons (Fsp3) is 0.143. The van der Waals surface area contributed by atoms with Gasteiger partial charge < -0.3 is 5.73 Å². The smallest absolute Gasteiger partial charge is 0.184 e. The third kappa shape index (κ3) is 2.35. The minimum Gasteiger partial charge on any atom is -0.384 e. The van der Waals surface area contributed by atoms with E-state index in [2.05, 4.69) is 20.2 Å². The van der Waals surface area contributed by atoms with Gasteiger partial charge in [0.15, 0.2) is 11.5 Å². The van der Waals surface area contributed by atoms with Gasteiger partial charge in [-0.25, -0.2) is 9.97 Å². The molecule has 6 heteroatoms. The molecule has 3 aromatic rings. The Morgan fingerprint density at radius 1 is 1.15 bits per heavy atom. The second-order valence-electron chi connectivity index (χ2n) is 4.32. The molecule has 2 heterocycles. The second-order valence-corrected chi connectivity index (χ2v) is 4.32. The number of hydrogen-bond donors (Lipinski definition) is 1. The van der Waals surface area contributed by atoms with Crippen molar-refractivity contribution in [1.82, 2.24) is 25.0 Å². The van der Waals surface area contributed by atoms with E-state index in [0.29, 0.717) is 17.3 Å². The van der Waals surface area contributed by atoms with Gasteiger partial charge >= 0.3 is 0 Å². The molecule has 0 aliphatic heterocycles. The highest BCUT2D eigenvalue weighted by molar-refractivity contribution is 5.50. The van der Waals surface area contributed by atoms with Crippen LogP contribution in [0.4, 0.5) is 5.82 Å². The number of rotatable bonds is 3. The summed E-state index contributed by atoms with van der Waals surface area (Å²) in [6.07, 6.45) is 2.44. The summed E-state index contributed by atoms with van der Waals surface area (Å²) >= 11 is 0. The van der Waals surface area contributed by atoms with Crippen LogP contribution in [0.25, 0.3) is 17.2 Å². The SMILES string of the molecule is CCc1cc(N)nc(-c2cnn(-c3ccccc3)n2)n1. The topological polar surface area (TPSA) is 82.5 Å². The van der Waals surface area contributed by atoms with Crippen molar-refractivity contribution < 1.29 is 0 Å². The van der Waals surface area contributed by atoms with Gasteiger partial charge in [-0.15, -0.1) is 5.10 Å². The van der Waals surface area contributed by atoms with Gasteiger partial charge in [0.25, 0.3) is 0 Å². The summed E-state index contributed by atoms with van der Waals surface area (Å²) in [7, 11) is 0. The largest absolute Gasteiger partial charge is 0.384 e. The van der Waals surface area contributed by atoms with E-state index in [4.69, 9.17) is 5.73 Å². The average molecular weight is 266 g/mol. The molecular formula is C14H14N6. The van der Waals surface area contributed by atoms with Crippen LogP contribution in [-0.4, -0.2) is 25.0 Å². The van der Waals surface area contributed by atoms with Crippen LogP contribution in [0, 0.1) is 0 Å². The van der Waals surface area contributed by atoms with E-state index in [-0.39, 0.29) is 0 Å². The van der Waals surface area contributed by atoms with Gasteiger partial charge in [-0.1, -0.05) is 25.1 Å². The molecule has 0 radical (unpaired) electrons. The molecule has 0 aliphatic rings. The van der Waals surface area contributed by atoms with Crippen LogP contribution in [0.15, 0.2) is 42.6 Å². The lowest BCUT2D eigenvalue weighted by molar-refractivity contribution is 0.752. The predicted octanol–water partition coefficient (Wildman–Crippen LogP) is 1.87. The third-order valence-electron chi connectivity index (χ3n) is 2.87. The van der Waals surface area contributed by atoms with Gasteiger partial charge in [-0.3, -0.25) is 0 Å². The Balaban J connectivity index is 2.00. The molecular weight excluding hydrogens is 252 g/mol. The van der Waals surface area contributed by atoms with E-state index < -0.39 is 0 Å². The first-order chi connectivity index (χ1) is 9.76. The van der Waals surface area contributed by atoms with Crippen molar-refractivity contribution in [1.29, 1.82) is 0 Å². The Bertz CT molecular complexity index is 720. The normalized spacial score (nSPS) is 10.7. The molecule has 0 fully saturated rings. The molecule has 0 saturated heterocycles. The zero-order chi connectivity index (χ0) is 13.9. The van der Waals surface area contributed by atoms with Crippen LogP contribution in [0.3, 0.4) is 0 Å². The first-order valence-corrected chi connectivity index (χ1v) is 6.38. The zero-order valence-corrected chi connectivity index (χ0v) is 11.1. The van der Waals surface area contributed by atoms with Crippen LogP contribution >= 0.6 is 0 Å². The van der Waals surface area contributed by atoms with E-state index in [1.807, 2.05) is 37.3 Å². The molecule has 3 rings (SSSR count). The minimum atomic E-state index is 0.445. The number of aryl methyl sites for hydroxylation is 1. The predicted molar refractivity (Wildman–Crippen MR) is 76.2 cm³/mol. The van der Waals surface area contributed by atoms with Crippen molar-refractivity contribution >= 4 is 5.82 Å². The molecule has 100 valence electrons. The fourth-order valence-electron chi connectivity index (χ4n) is 1.87. The quantitative estimate of drug-likeness (QED) is 0.782. The third-order valence-corrected chi connectivity index (χ3v) is 2.87. The molecule has 20 heavy (non-hydrogen) atoms. The maximum Gasteiger partial charge on any atom is 0.184 e. The Morgan fingerprint density at radius 2 is 1.95 bits per heavy atom. The lowest BCUT2D eigenvalue weighted by atomic mass is 10.3. The minimum absolute atomic E-state index is 0.445. The lowest BCUT2D eigenvalue weighted by Gasteiger charge is -2.01. The number of aromatic nitrogens is 5. The molecule has 1 aromatic carbocycles. The molecule has 0 spiro atoms. The lowest BCUT2D eigenvalue weighted by Crippen LogP contribution is -2.01. The molecule has 0 unspecified atom stereocenters. The van der Waals surface area contributed by atoms with E-state index in [9.17, 15) is 0 Å². The summed E-state index contributed by atoms with van der Waals surface area (Å²) < 4.78 is 0. The zero-order valence-electron chi connectivity index (χ0n) is 11.1. The summed E-state index contributed by atoms with van der Waals surface area (Å²) in [5, 5.41) is 8.62. The summed E-state index contributed by atoms with van der Waals surface area (Å²) in [5.41, 5.74) is 8.17. The maximum atomic E-state index is 5.78. The number of nitrogens with zero attached hydrogens (tertiary/aromatic N) is 5. The Kier molecular flexibility index (Phi) is 3.12. The molecule has 0 atom stereocenters. The van der Waals surface area contributed by atoms with Gasteiger partial charge in [0.1, 0.15) is 5.82 Å². The Labute approximate surface area is 116 Å². The number of benzene rings is 1. The van der Waals surface area contributed by atoms with Crippen LogP contribution in [-0.2, 0) is 6.42 Å².